The van der Waals surface area contributed by atoms with Gasteiger partial charge in [0.15, 0.2) is 0 Å². The molecule has 0 saturated heterocycles. The molecular formula is C15H17F2N. The summed E-state index contributed by atoms with van der Waals surface area (Å²) in [5.74, 6) is 0.637. The molecule has 1 fully saturated rings. The molecule has 0 aliphatic heterocycles. The Kier molecular flexibility index (Phi) is 2.94. The highest BCUT2D eigenvalue weighted by molar-refractivity contribution is 5.23. The van der Waals surface area contributed by atoms with E-state index in [0.29, 0.717) is 17.5 Å². The number of nitrogens with one attached hydrogen (secondary N) is 1. The summed E-state index contributed by atoms with van der Waals surface area (Å²) in [5, 5.41) is 3.41. The highest BCUT2D eigenvalue weighted by Gasteiger charge is 2.41. The van der Waals surface area contributed by atoms with Crippen molar-refractivity contribution in [2.45, 2.75) is 31.8 Å². The molecule has 4 unspecified atom stereocenters. The zero-order valence-electron chi connectivity index (χ0n) is 10.4. The van der Waals surface area contributed by atoms with Gasteiger partial charge in [-0.25, -0.2) is 8.78 Å². The van der Waals surface area contributed by atoms with E-state index in [1.165, 1.54) is 18.6 Å². The van der Waals surface area contributed by atoms with Gasteiger partial charge in [-0.2, -0.15) is 0 Å². The van der Waals surface area contributed by atoms with E-state index in [4.69, 9.17) is 0 Å². The Hall–Kier alpha value is -1.22. The maximum Gasteiger partial charge on any atom is 0.128 e. The molecule has 3 rings (SSSR count). The lowest BCUT2D eigenvalue weighted by Crippen LogP contribution is -2.48. The van der Waals surface area contributed by atoms with Crippen LogP contribution in [0.2, 0.25) is 0 Å². The van der Waals surface area contributed by atoms with Crippen molar-refractivity contribution in [2.24, 2.45) is 11.8 Å². The Morgan fingerprint density at radius 3 is 2.94 bits per heavy atom. The van der Waals surface area contributed by atoms with E-state index in [-0.39, 0.29) is 17.7 Å². The minimum absolute atomic E-state index is 0.152. The molecule has 4 atom stereocenters. The zero-order valence-corrected chi connectivity index (χ0v) is 10.4. The molecule has 96 valence electrons. The van der Waals surface area contributed by atoms with Gasteiger partial charge in [-0.15, -0.1) is 0 Å². The van der Waals surface area contributed by atoms with E-state index in [1.54, 1.807) is 0 Å². The molecule has 1 aromatic rings. The summed E-state index contributed by atoms with van der Waals surface area (Å²) < 4.78 is 26.8. The molecule has 3 heteroatoms. The van der Waals surface area contributed by atoms with Crippen LogP contribution in [0, 0.1) is 23.5 Å². The molecule has 18 heavy (non-hydrogen) atoms. The molecule has 0 aromatic heterocycles. The maximum atomic E-state index is 13.6. The Labute approximate surface area is 106 Å². The van der Waals surface area contributed by atoms with E-state index in [1.807, 2.05) is 6.92 Å². The molecular weight excluding hydrogens is 232 g/mol. The largest absolute Gasteiger partial charge is 0.307 e. The standard InChI is InChI=1S/C15H17F2N/c1-9(13-8-11(16)5-6-14(13)17)18-15-7-10-3-2-4-12(10)15/h2,4-6,8-10,12,15,18H,3,7H2,1H3. The van der Waals surface area contributed by atoms with Crippen LogP contribution in [0.25, 0.3) is 0 Å². The molecule has 1 aromatic carbocycles. The molecule has 2 aliphatic carbocycles. The lowest BCUT2D eigenvalue weighted by molar-refractivity contribution is 0.152. The van der Waals surface area contributed by atoms with Gasteiger partial charge in [0.05, 0.1) is 0 Å². The minimum Gasteiger partial charge on any atom is -0.307 e. The number of hydrogen-bond donors (Lipinski definition) is 1. The van der Waals surface area contributed by atoms with Crippen molar-refractivity contribution in [1.29, 1.82) is 0 Å². The summed E-state index contributed by atoms with van der Waals surface area (Å²) in [6.45, 7) is 1.89. The van der Waals surface area contributed by atoms with Crippen LogP contribution in [0.5, 0.6) is 0 Å². The van der Waals surface area contributed by atoms with Gasteiger partial charge in [0, 0.05) is 17.6 Å². The zero-order chi connectivity index (χ0) is 12.7. The molecule has 1 saturated carbocycles. The Bertz CT molecular complexity index is 483. The number of rotatable bonds is 3. The highest BCUT2D eigenvalue weighted by Crippen LogP contribution is 2.43. The van der Waals surface area contributed by atoms with Gasteiger partial charge in [-0.3, -0.25) is 0 Å². The average Bonchev–Trinajstić information content (AvgIpc) is 2.70. The summed E-state index contributed by atoms with van der Waals surface area (Å²) in [4.78, 5) is 0. The van der Waals surface area contributed by atoms with Gasteiger partial charge in [0.1, 0.15) is 11.6 Å². The SMILES string of the molecule is CC(NC1CC2CC=CC21)c1cc(F)ccc1F. The number of allylic oxidation sites excluding steroid dienone is 1. The van der Waals surface area contributed by atoms with Crippen LogP contribution >= 0.6 is 0 Å². The van der Waals surface area contributed by atoms with E-state index < -0.39 is 0 Å². The van der Waals surface area contributed by atoms with Gasteiger partial charge < -0.3 is 5.32 Å². The lowest BCUT2D eigenvalue weighted by atomic mass is 9.71. The quantitative estimate of drug-likeness (QED) is 0.807. The van der Waals surface area contributed by atoms with Crippen LogP contribution in [0.15, 0.2) is 30.4 Å². The van der Waals surface area contributed by atoms with Crippen LogP contribution in [0.4, 0.5) is 8.78 Å². The molecule has 0 spiro atoms. The summed E-state index contributed by atoms with van der Waals surface area (Å²) in [6, 6.07) is 3.90. The van der Waals surface area contributed by atoms with Crippen LogP contribution in [-0.4, -0.2) is 6.04 Å². The van der Waals surface area contributed by atoms with E-state index in [2.05, 4.69) is 17.5 Å². The number of benzene rings is 1. The summed E-state index contributed by atoms with van der Waals surface area (Å²) in [7, 11) is 0. The summed E-state index contributed by atoms with van der Waals surface area (Å²) in [5.41, 5.74) is 0.417. The average molecular weight is 249 g/mol. The fourth-order valence-electron chi connectivity index (χ4n) is 3.16. The van der Waals surface area contributed by atoms with E-state index in [9.17, 15) is 8.78 Å². The third-order valence-electron chi connectivity index (χ3n) is 4.25. The summed E-state index contributed by atoms with van der Waals surface area (Å²) >= 11 is 0. The maximum absolute atomic E-state index is 13.6. The second-order valence-corrected chi connectivity index (χ2v) is 5.40. The second-order valence-electron chi connectivity index (χ2n) is 5.40. The molecule has 2 aliphatic rings. The topological polar surface area (TPSA) is 12.0 Å². The molecule has 1 N–H and O–H groups in total. The first-order valence-corrected chi connectivity index (χ1v) is 6.53. The van der Waals surface area contributed by atoms with Crippen molar-refractivity contribution < 1.29 is 8.78 Å². The first-order chi connectivity index (χ1) is 8.65. The number of hydrogen-bond acceptors (Lipinski definition) is 1. The van der Waals surface area contributed by atoms with Crippen LogP contribution in [-0.2, 0) is 0 Å². The normalized spacial score (nSPS) is 30.9. The molecule has 0 bridgehead atoms. The third-order valence-corrected chi connectivity index (χ3v) is 4.25. The van der Waals surface area contributed by atoms with Gasteiger partial charge >= 0.3 is 0 Å². The molecule has 1 nitrogen and oxygen atoms in total. The van der Waals surface area contributed by atoms with Crippen molar-refractivity contribution in [3.05, 3.63) is 47.5 Å². The highest BCUT2D eigenvalue weighted by atomic mass is 19.1. The van der Waals surface area contributed by atoms with Gasteiger partial charge in [0.25, 0.3) is 0 Å². The van der Waals surface area contributed by atoms with Crippen LogP contribution in [0.3, 0.4) is 0 Å². The fraction of sp³-hybridized carbons (Fsp3) is 0.467. The molecule has 0 radical (unpaired) electrons. The second kappa shape index (κ2) is 4.47. The van der Waals surface area contributed by atoms with Crippen molar-refractivity contribution >= 4 is 0 Å². The molecule has 0 heterocycles. The van der Waals surface area contributed by atoms with Crippen molar-refractivity contribution in [2.75, 3.05) is 0 Å². The Balaban J connectivity index is 1.69. The third kappa shape index (κ3) is 1.97. The van der Waals surface area contributed by atoms with Crippen LogP contribution < -0.4 is 5.32 Å². The van der Waals surface area contributed by atoms with Gasteiger partial charge in [-0.05, 0) is 49.8 Å². The predicted octanol–water partition coefficient (Wildman–Crippen LogP) is 3.58. The fourth-order valence-corrected chi connectivity index (χ4v) is 3.16. The predicted molar refractivity (Wildman–Crippen MR) is 67.1 cm³/mol. The Morgan fingerprint density at radius 1 is 1.33 bits per heavy atom. The monoisotopic (exact) mass is 249 g/mol. The van der Waals surface area contributed by atoms with Gasteiger partial charge in [-0.1, -0.05) is 12.2 Å². The van der Waals surface area contributed by atoms with Crippen molar-refractivity contribution in [3.8, 4) is 0 Å². The van der Waals surface area contributed by atoms with Crippen molar-refractivity contribution in [1.82, 2.24) is 5.32 Å². The van der Waals surface area contributed by atoms with Crippen molar-refractivity contribution in [3.63, 3.8) is 0 Å². The smallest absolute Gasteiger partial charge is 0.128 e. The van der Waals surface area contributed by atoms with E-state index >= 15 is 0 Å². The van der Waals surface area contributed by atoms with Gasteiger partial charge in [0.2, 0.25) is 0 Å². The number of halogens is 2. The first-order valence-electron chi connectivity index (χ1n) is 6.53. The van der Waals surface area contributed by atoms with Crippen LogP contribution in [0.1, 0.15) is 31.4 Å². The van der Waals surface area contributed by atoms with E-state index in [0.717, 1.165) is 18.4 Å². The lowest BCUT2D eigenvalue weighted by Gasteiger charge is -2.42. The molecule has 0 amide bonds. The summed E-state index contributed by atoms with van der Waals surface area (Å²) in [6.07, 6.45) is 6.79. The first kappa shape index (κ1) is 11.8. The Morgan fingerprint density at radius 2 is 2.17 bits per heavy atom. The minimum atomic E-state index is -0.382. The number of fused-ring (bicyclic) bond motifs is 1.